The average molecular weight is 264 g/mol. The van der Waals surface area contributed by atoms with Gasteiger partial charge in [0.15, 0.2) is 0 Å². The molecule has 4 nitrogen and oxygen atoms in total. The van der Waals surface area contributed by atoms with Crippen LogP contribution >= 0.6 is 0 Å². The van der Waals surface area contributed by atoms with Crippen molar-refractivity contribution in [3.8, 4) is 0 Å². The number of carbonyl (C=O) groups excluding carboxylic acids is 1. The van der Waals surface area contributed by atoms with Gasteiger partial charge in [-0.15, -0.1) is 0 Å². The highest BCUT2D eigenvalue weighted by Gasteiger charge is 2.57. The summed E-state index contributed by atoms with van der Waals surface area (Å²) in [6, 6.07) is 0. The fourth-order valence-corrected chi connectivity index (χ4v) is 4.06. The van der Waals surface area contributed by atoms with Crippen molar-refractivity contribution in [3.05, 3.63) is 24.3 Å². The first-order valence-corrected chi connectivity index (χ1v) is 6.79. The van der Waals surface area contributed by atoms with Gasteiger partial charge in [0.25, 0.3) is 0 Å². The van der Waals surface area contributed by atoms with Crippen LogP contribution in [0.25, 0.3) is 0 Å². The molecular formula is C15H20O4. The molecule has 0 aromatic heterocycles. The van der Waals surface area contributed by atoms with Crippen molar-refractivity contribution in [1.29, 1.82) is 0 Å². The van der Waals surface area contributed by atoms with E-state index in [1.54, 1.807) is 0 Å². The van der Waals surface area contributed by atoms with Gasteiger partial charge >= 0.3 is 5.97 Å². The molecule has 1 aliphatic heterocycles. The van der Waals surface area contributed by atoms with Gasteiger partial charge in [0, 0.05) is 23.3 Å². The first-order valence-electron chi connectivity index (χ1n) is 6.79. The second-order valence-electron chi connectivity index (χ2n) is 6.42. The molecule has 0 bridgehead atoms. The standard InChI is InChI=1S/C15H20O4/c1-7-9-4-10-8(2)11(16)5-13(17)15(10,3)6-12(9)19-14(7)18/h9-13,16-17H,1-2,4-6H2,3H3/t9?,10?,11-,12?,13+,15+/m0/s1. The first kappa shape index (κ1) is 12.9. The first-order chi connectivity index (χ1) is 8.84. The molecule has 104 valence electrons. The van der Waals surface area contributed by atoms with Gasteiger partial charge in [0.05, 0.1) is 12.2 Å². The maximum absolute atomic E-state index is 11.6. The highest BCUT2D eigenvalue weighted by atomic mass is 16.6. The zero-order valence-electron chi connectivity index (χ0n) is 11.1. The Labute approximate surface area is 112 Å². The highest BCUT2D eigenvalue weighted by molar-refractivity contribution is 5.90. The summed E-state index contributed by atoms with van der Waals surface area (Å²) in [7, 11) is 0. The fourth-order valence-electron chi connectivity index (χ4n) is 4.06. The van der Waals surface area contributed by atoms with E-state index in [9.17, 15) is 15.0 Å². The number of ether oxygens (including phenoxy) is 1. The number of aliphatic hydroxyl groups excluding tert-OH is 2. The van der Waals surface area contributed by atoms with E-state index in [2.05, 4.69) is 13.2 Å². The smallest absolute Gasteiger partial charge is 0.334 e. The summed E-state index contributed by atoms with van der Waals surface area (Å²) in [4.78, 5) is 11.6. The van der Waals surface area contributed by atoms with Crippen LogP contribution in [0.3, 0.4) is 0 Å². The van der Waals surface area contributed by atoms with Crippen LogP contribution in [0, 0.1) is 17.3 Å². The third kappa shape index (κ3) is 1.63. The number of hydrogen-bond donors (Lipinski definition) is 2. The Hall–Kier alpha value is -1.13. The van der Waals surface area contributed by atoms with E-state index in [0.29, 0.717) is 24.8 Å². The van der Waals surface area contributed by atoms with Crippen LogP contribution in [0.1, 0.15) is 26.2 Å². The van der Waals surface area contributed by atoms with Crippen LogP contribution in [-0.2, 0) is 9.53 Å². The molecule has 0 spiro atoms. The number of aliphatic hydroxyl groups is 2. The molecular weight excluding hydrogens is 244 g/mol. The van der Waals surface area contributed by atoms with Crippen LogP contribution in [0.4, 0.5) is 0 Å². The Bertz CT molecular complexity index is 469. The molecule has 1 saturated heterocycles. The molecule has 2 N–H and O–H groups in total. The third-order valence-electron chi connectivity index (χ3n) is 5.43. The summed E-state index contributed by atoms with van der Waals surface area (Å²) >= 11 is 0. The zero-order valence-corrected chi connectivity index (χ0v) is 11.1. The second-order valence-corrected chi connectivity index (χ2v) is 6.42. The summed E-state index contributed by atoms with van der Waals surface area (Å²) < 4.78 is 5.36. The molecule has 1 heterocycles. The Morgan fingerprint density at radius 2 is 2.00 bits per heavy atom. The molecule has 3 unspecified atom stereocenters. The topological polar surface area (TPSA) is 66.8 Å². The Balaban J connectivity index is 1.95. The molecule has 0 aromatic rings. The van der Waals surface area contributed by atoms with Crippen molar-refractivity contribution in [3.63, 3.8) is 0 Å². The third-order valence-corrected chi connectivity index (χ3v) is 5.43. The molecule has 3 rings (SSSR count). The Morgan fingerprint density at radius 3 is 2.68 bits per heavy atom. The molecule has 3 aliphatic rings. The minimum absolute atomic E-state index is 0.000162. The van der Waals surface area contributed by atoms with E-state index in [0.717, 1.165) is 5.57 Å². The predicted octanol–water partition coefficient (Wildman–Crippen LogP) is 1.18. The van der Waals surface area contributed by atoms with Gasteiger partial charge in [-0.2, -0.15) is 0 Å². The normalized spacial score (nSPS) is 49.6. The number of rotatable bonds is 0. The van der Waals surface area contributed by atoms with Gasteiger partial charge < -0.3 is 14.9 Å². The zero-order chi connectivity index (χ0) is 13.9. The molecule has 0 aromatic carbocycles. The summed E-state index contributed by atoms with van der Waals surface area (Å²) in [5.41, 5.74) is 0.926. The minimum atomic E-state index is -0.657. The van der Waals surface area contributed by atoms with E-state index in [-0.39, 0.29) is 29.3 Å². The van der Waals surface area contributed by atoms with Crippen LogP contribution in [-0.4, -0.2) is 34.5 Å². The number of fused-ring (bicyclic) bond motifs is 2. The highest BCUT2D eigenvalue weighted by Crippen LogP contribution is 2.56. The quantitative estimate of drug-likeness (QED) is 0.392. The number of esters is 1. The Morgan fingerprint density at radius 1 is 1.32 bits per heavy atom. The number of hydrogen-bond acceptors (Lipinski definition) is 4. The molecule has 6 atom stereocenters. The van der Waals surface area contributed by atoms with E-state index in [1.165, 1.54) is 0 Å². The van der Waals surface area contributed by atoms with E-state index in [4.69, 9.17) is 4.74 Å². The second kappa shape index (κ2) is 3.93. The molecule has 2 saturated carbocycles. The predicted molar refractivity (Wildman–Crippen MR) is 69.1 cm³/mol. The minimum Gasteiger partial charge on any atom is -0.458 e. The fraction of sp³-hybridized carbons (Fsp3) is 0.667. The lowest BCUT2D eigenvalue weighted by Gasteiger charge is -2.53. The molecule has 0 radical (unpaired) electrons. The van der Waals surface area contributed by atoms with Crippen LogP contribution in [0.15, 0.2) is 24.3 Å². The average Bonchev–Trinajstić information content (AvgIpc) is 2.61. The Kier molecular flexibility index (Phi) is 2.67. The van der Waals surface area contributed by atoms with Crippen LogP contribution in [0.5, 0.6) is 0 Å². The summed E-state index contributed by atoms with van der Waals surface area (Å²) in [6.07, 6.45) is 0.179. The van der Waals surface area contributed by atoms with Gasteiger partial charge in [-0.05, 0) is 24.3 Å². The lowest BCUT2D eigenvalue weighted by molar-refractivity contribution is -0.148. The summed E-state index contributed by atoms with van der Waals surface area (Å²) in [6.45, 7) is 9.82. The molecule has 2 aliphatic carbocycles. The van der Waals surface area contributed by atoms with E-state index in [1.807, 2.05) is 6.92 Å². The molecule has 3 fully saturated rings. The van der Waals surface area contributed by atoms with Crippen molar-refractivity contribution >= 4 is 5.97 Å². The molecule has 4 heteroatoms. The molecule has 0 amide bonds. The van der Waals surface area contributed by atoms with Crippen molar-refractivity contribution < 1.29 is 19.7 Å². The van der Waals surface area contributed by atoms with Crippen molar-refractivity contribution in [2.45, 2.75) is 44.5 Å². The largest absolute Gasteiger partial charge is 0.458 e. The van der Waals surface area contributed by atoms with Gasteiger partial charge in [0.2, 0.25) is 0 Å². The summed E-state index contributed by atoms with van der Waals surface area (Å²) in [5.74, 6) is -0.309. The van der Waals surface area contributed by atoms with Gasteiger partial charge in [-0.1, -0.05) is 20.1 Å². The van der Waals surface area contributed by atoms with E-state index >= 15 is 0 Å². The SMILES string of the molecule is C=C1C(=O)OC2C[C@]3(C)C(CC12)C(=C)[C@@H](O)C[C@H]3O. The van der Waals surface area contributed by atoms with Crippen LogP contribution < -0.4 is 0 Å². The van der Waals surface area contributed by atoms with Gasteiger partial charge in [-0.3, -0.25) is 0 Å². The lowest BCUT2D eigenvalue weighted by Crippen LogP contribution is -2.54. The van der Waals surface area contributed by atoms with E-state index < -0.39 is 12.2 Å². The van der Waals surface area contributed by atoms with Crippen molar-refractivity contribution in [1.82, 2.24) is 0 Å². The molecule has 19 heavy (non-hydrogen) atoms. The van der Waals surface area contributed by atoms with Gasteiger partial charge in [0.1, 0.15) is 6.10 Å². The number of carbonyl (C=O) groups is 1. The van der Waals surface area contributed by atoms with Crippen molar-refractivity contribution in [2.75, 3.05) is 0 Å². The monoisotopic (exact) mass is 264 g/mol. The lowest BCUT2D eigenvalue weighted by atomic mass is 9.54. The maximum Gasteiger partial charge on any atom is 0.334 e. The summed E-state index contributed by atoms with van der Waals surface area (Å²) in [5, 5.41) is 20.3. The van der Waals surface area contributed by atoms with Crippen LogP contribution in [0.2, 0.25) is 0 Å². The van der Waals surface area contributed by atoms with Gasteiger partial charge in [-0.25, -0.2) is 4.79 Å². The van der Waals surface area contributed by atoms with Crippen molar-refractivity contribution in [2.24, 2.45) is 17.3 Å². The maximum atomic E-state index is 11.6.